The maximum absolute atomic E-state index is 12.4. The molecule has 0 aliphatic heterocycles. The van der Waals surface area contributed by atoms with Crippen molar-refractivity contribution in [1.29, 1.82) is 0 Å². The van der Waals surface area contributed by atoms with Crippen LogP contribution in [0.1, 0.15) is 54.2 Å². The number of nitrogens with one attached hydrogen (secondary N) is 1. The number of benzene rings is 1. The van der Waals surface area contributed by atoms with E-state index in [0.29, 0.717) is 12.2 Å². The van der Waals surface area contributed by atoms with E-state index in [0.717, 1.165) is 11.1 Å². The van der Waals surface area contributed by atoms with Gasteiger partial charge in [-0.3, -0.25) is 4.79 Å². The van der Waals surface area contributed by atoms with Crippen molar-refractivity contribution < 1.29 is 14.4 Å². The van der Waals surface area contributed by atoms with Crippen LogP contribution in [0.2, 0.25) is 0 Å². The SMILES string of the molecule is CC(C)(C)c1cc(C(=O)NC2c3ccccc3CC2O)no1. The van der Waals surface area contributed by atoms with E-state index < -0.39 is 12.1 Å². The number of fused-ring (bicyclic) bond motifs is 1. The molecular weight excluding hydrogens is 280 g/mol. The predicted octanol–water partition coefficient (Wildman–Crippen LogP) is 2.36. The highest BCUT2D eigenvalue weighted by atomic mass is 16.5. The summed E-state index contributed by atoms with van der Waals surface area (Å²) in [4.78, 5) is 12.4. The summed E-state index contributed by atoms with van der Waals surface area (Å²) < 4.78 is 5.24. The molecular formula is C17H20N2O3. The van der Waals surface area contributed by atoms with Crippen LogP contribution in [0.3, 0.4) is 0 Å². The van der Waals surface area contributed by atoms with Crippen molar-refractivity contribution in [1.82, 2.24) is 10.5 Å². The second-order valence-electron chi connectivity index (χ2n) is 6.75. The third-order valence-electron chi connectivity index (χ3n) is 3.97. The van der Waals surface area contributed by atoms with E-state index in [9.17, 15) is 9.90 Å². The monoisotopic (exact) mass is 300 g/mol. The second kappa shape index (κ2) is 5.25. The van der Waals surface area contributed by atoms with Gasteiger partial charge in [0.05, 0.1) is 12.1 Å². The first-order chi connectivity index (χ1) is 10.4. The van der Waals surface area contributed by atoms with Crippen LogP contribution >= 0.6 is 0 Å². The minimum absolute atomic E-state index is 0.203. The smallest absolute Gasteiger partial charge is 0.274 e. The highest BCUT2D eigenvalue weighted by Crippen LogP contribution is 2.31. The van der Waals surface area contributed by atoms with E-state index in [1.807, 2.05) is 45.0 Å². The van der Waals surface area contributed by atoms with Gasteiger partial charge >= 0.3 is 0 Å². The molecule has 1 aliphatic rings. The number of aromatic nitrogens is 1. The highest BCUT2D eigenvalue weighted by Gasteiger charge is 2.33. The molecule has 5 nitrogen and oxygen atoms in total. The zero-order chi connectivity index (χ0) is 15.9. The molecule has 0 spiro atoms. The van der Waals surface area contributed by atoms with Crippen molar-refractivity contribution in [2.75, 3.05) is 0 Å². The third kappa shape index (κ3) is 2.64. The molecule has 116 valence electrons. The molecule has 2 aromatic rings. The van der Waals surface area contributed by atoms with E-state index in [1.54, 1.807) is 6.07 Å². The van der Waals surface area contributed by atoms with Crippen LogP contribution in [0, 0.1) is 0 Å². The van der Waals surface area contributed by atoms with E-state index in [1.165, 1.54) is 0 Å². The van der Waals surface area contributed by atoms with Gasteiger partial charge in [0.25, 0.3) is 5.91 Å². The first-order valence-electron chi connectivity index (χ1n) is 7.40. The summed E-state index contributed by atoms with van der Waals surface area (Å²) in [5.74, 6) is 0.324. The summed E-state index contributed by atoms with van der Waals surface area (Å²) in [6, 6.07) is 8.99. The van der Waals surface area contributed by atoms with E-state index in [-0.39, 0.29) is 17.0 Å². The molecule has 1 aliphatic carbocycles. The molecule has 2 unspecified atom stereocenters. The van der Waals surface area contributed by atoms with Gasteiger partial charge in [-0.1, -0.05) is 50.2 Å². The topological polar surface area (TPSA) is 75.4 Å². The maximum atomic E-state index is 12.4. The van der Waals surface area contributed by atoms with Gasteiger partial charge in [-0.2, -0.15) is 0 Å². The standard InChI is InChI=1S/C17H20N2O3/c1-17(2,3)14-9-12(19-22-14)16(21)18-15-11-7-5-4-6-10(11)8-13(15)20/h4-7,9,13,15,20H,8H2,1-3H3,(H,18,21). The van der Waals surface area contributed by atoms with Crippen molar-refractivity contribution in [2.45, 2.75) is 44.8 Å². The lowest BCUT2D eigenvalue weighted by Crippen LogP contribution is -2.34. The van der Waals surface area contributed by atoms with Gasteiger partial charge in [-0.15, -0.1) is 0 Å². The van der Waals surface area contributed by atoms with Crippen molar-refractivity contribution in [3.05, 3.63) is 52.9 Å². The summed E-state index contributed by atoms with van der Waals surface area (Å²) in [5, 5.41) is 16.9. The molecule has 2 N–H and O–H groups in total. The van der Waals surface area contributed by atoms with E-state index >= 15 is 0 Å². The largest absolute Gasteiger partial charge is 0.390 e. The number of hydrogen-bond acceptors (Lipinski definition) is 4. The Bertz CT molecular complexity index is 700. The highest BCUT2D eigenvalue weighted by molar-refractivity contribution is 5.92. The molecule has 1 aromatic carbocycles. The number of carbonyl (C=O) groups excluding carboxylic acids is 1. The summed E-state index contributed by atoms with van der Waals surface area (Å²) in [7, 11) is 0. The fraction of sp³-hybridized carbons (Fsp3) is 0.412. The van der Waals surface area contributed by atoms with Gasteiger partial charge in [-0.05, 0) is 11.1 Å². The molecule has 1 amide bonds. The van der Waals surface area contributed by atoms with E-state index in [2.05, 4.69) is 10.5 Å². The molecule has 3 rings (SSSR count). The number of rotatable bonds is 2. The predicted molar refractivity (Wildman–Crippen MR) is 81.6 cm³/mol. The van der Waals surface area contributed by atoms with Crippen molar-refractivity contribution in [3.8, 4) is 0 Å². The van der Waals surface area contributed by atoms with Gasteiger partial charge in [0, 0.05) is 17.9 Å². The Balaban J connectivity index is 1.79. The first kappa shape index (κ1) is 14.8. The number of aliphatic hydroxyl groups excluding tert-OH is 1. The molecule has 1 aromatic heterocycles. The summed E-state index contributed by atoms with van der Waals surface area (Å²) in [5.41, 5.74) is 2.06. The van der Waals surface area contributed by atoms with Crippen molar-refractivity contribution >= 4 is 5.91 Å². The molecule has 0 bridgehead atoms. The van der Waals surface area contributed by atoms with Crippen LogP contribution in [0.4, 0.5) is 0 Å². The van der Waals surface area contributed by atoms with Crippen LogP contribution in [-0.2, 0) is 11.8 Å². The number of aliphatic hydroxyl groups is 1. The Morgan fingerprint density at radius 1 is 1.36 bits per heavy atom. The fourth-order valence-electron chi connectivity index (χ4n) is 2.70. The van der Waals surface area contributed by atoms with Gasteiger partial charge < -0.3 is 14.9 Å². The minimum atomic E-state index is -0.615. The number of carbonyl (C=O) groups is 1. The Morgan fingerprint density at radius 2 is 2.09 bits per heavy atom. The summed E-state index contributed by atoms with van der Waals surface area (Å²) in [6.07, 6.45) is -0.0666. The maximum Gasteiger partial charge on any atom is 0.274 e. The van der Waals surface area contributed by atoms with Gasteiger partial charge in [0.15, 0.2) is 5.69 Å². The normalized spacial score (nSPS) is 20.7. The Labute approximate surface area is 129 Å². The lowest BCUT2D eigenvalue weighted by molar-refractivity contribution is 0.0849. The van der Waals surface area contributed by atoms with Gasteiger partial charge in [0.2, 0.25) is 0 Å². The quantitative estimate of drug-likeness (QED) is 0.892. The zero-order valence-corrected chi connectivity index (χ0v) is 13.0. The first-order valence-corrected chi connectivity index (χ1v) is 7.40. The van der Waals surface area contributed by atoms with Gasteiger partial charge in [0.1, 0.15) is 5.76 Å². The van der Waals surface area contributed by atoms with Crippen LogP contribution in [0.5, 0.6) is 0 Å². The number of nitrogens with zero attached hydrogens (tertiary/aromatic N) is 1. The average Bonchev–Trinajstić information content (AvgIpc) is 3.04. The summed E-state index contributed by atoms with van der Waals surface area (Å²) >= 11 is 0. The molecule has 0 saturated heterocycles. The molecule has 5 heteroatoms. The van der Waals surface area contributed by atoms with Crippen LogP contribution in [0.25, 0.3) is 0 Å². The van der Waals surface area contributed by atoms with Crippen LogP contribution in [-0.4, -0.2) is 22.3 Å². The average molecular weight is 300 g/mol. The Kier molecular flexibility index (Phi) is 3.53. The van der Waals surface area contributed by atoms with Crippen LogP contribution < -0.4 is 5.32 Å². The molecule has 2 atom stereocenters. The number of hydrogen-bond donors (Lipinski definition) is 2. The number of amides is 1. The fourth-order valence-corrected chi connectivity index (χ4v) is 2.70. The van der Waals surface area contributed by atoms with Crippen molar-refractivity contribution in [2.24, 2.45) is 0 Å². The molecule has 0 radical (unpaired) electrons. The summed E-state index contributed by atoms with van der Waals surface area (Å²) in [6.45, 7) is 5.98. The molecule has 0 fully saturated rings. The Hall–Kier alpha value is -2.14. The van der Waals surface area contributed by atoms with Crippen LogP contribution in [0.15, 0.2) is 34.9 Å². The third-order valence-corrected chi connectivity index (χ3v) is 3.97. The van der Waals surface area contributed by atoms with Crippen molar-refractivity contribution in [3.63, 3.8) is 0 Å². The lowest BCUT2D eigenvalue weighted by Gasteiger charge is -2.17. The Morgan fingerprint density at radius 3 is 2.77 bits per heavy atom. The molecule has 22 heavy (non-hydrogen) atoms. The van der Waals surface area contributed by atoms with Gasteiger partial charge in [-0.25, -0.2) is 0 Å². The van der Waals surface area contributed by atoms with E-state index in [4.69, 9.17) is 4.52 Å². The molecule has 1 heterocycles. The minimum Gasteiger partial charge on any atom is -0.390 e. The molecule has 0 saturated carbocycles. The lowest BCUT2D eigenvalue weighted by atomic mass is 9.93. The zero-order valence-electron chi connectivity index (χ0n) is 13.0. The second-order valence-corrected chi connectivity index (χ2v) is 6.75.